The number of carbonyl (C=O) groups is 2. The third-order valence-electron chi connectivity index (χ3n) is 0.690. The van der Waals surface area contributed by atoms with Crippen molar-refractivity contribution in [2.45, 2.75) is 0 Å². The van der Waals surface area contributed by atoms with E-state index >= 15 is 0 Å². The lowest BCUT2D eigenvalue weighted by Gasteiger charge is -2.01. The van der Waals surface area contributed by atoms with Crippen molar-refractivity contribution in [2.24, 2.45) is 0 Å². The van der Waals surface area contributed by atoms with Crippen LogP contribution in [0.25, 0.3) is 0 Å². The number of amides is 1. The minimum atomic E-state index is -0.931. The van der Waals surface area contributed by atoms with Gasteiger partial charge in [-0.15, -0.1) is 0 Å². The molecule has 6 heteroatoms. The molecule has 0 radical (unpaired) electrons. The van der Waals surface area contributed by atoms with Crippen molar-refractivity contribution >= 4 is 23.8 Å². The van der Waals surface area contributed by atoms with Crippen molar-refractivity contribution in [3.05, 3.63) is 0 Å². The monoisotopic (exact) mass is 179 g/mol. The number of ether oxygens (including phenoxy) is 1. The molecule has 0 saturated heterocycles. The van der Waals surface area contributed by atoms with Gasteiger partial charge < -0.3 is 9.57 Å². The molecule has 5 nitrogen and oxygen atoms in total. The lowest BCUT2D eigenvalue weighted by atomic mass is 10.8. The number of hydrogen-bond acceptors (Lipinski definition) is 5. The number of carbonyl (C=O) groups excluding carboxylic acids is 2. The summed E-state index contributed by atoms with van der Waals surface area (Å²) in [5.41, 5.74) is 1.90. The van der Waals surface area contributed by atoms with Crippen LogP contribution in [0, 0.1) is 0 Å². The summed E-state index contributed by atoms with van der Waals surface area (Å²) in [6.07, 6.45) is 0.831. The van der Waals surface area contributed by atoms with Gasteiger partial charge in [-0.25, -0.2) is 4.79 Å². The predicted molar refractivity (Wildman–Crippen MR) is 40.0 cm³/mol. The fraction of sp³-hybridized carbons (Fsp3) is 0.600. The average Bonchev–Trinajstić information content (AvgIpc) is 2.01. The number of hydroxylamine groups is 1. The fourth-order valence-corrected chi connectivity index (χ4v) is 0.622. The summed E-state index contributed by atoms with van der Waals surface area (Å²) in [7, 11) is 1.16. The fourth-order valence-electron chi connectivity index (χ4n) is 0.301. The second-order valence-electron chi connectivity index (χ2n) is 1.51. The normalized spacial score (nSPS) is 8.55. The number of thioether (sulfide) groups is 1. The zero-order valence-corrected chi connectivity index (χ0v) is 7.06. The maximum absolute atomic E-state index is 10.6. The maximum Gasteiger partial charge on any atom is 0.533 e. The molecule has 0 aliphatic heterocycles. The number of rotatable bonds is 2. The second-order valence-corrected chi connectivity index (χ2v) is 2.38. The molecule has 0 unspecified atom stereocenters. The van der Waals surface area contributed by atoms with Gasteiger partial charge in [0.2, 0.25) is 0 Å². The van der Waals surface area contributed by atoms with Crippen LogP contribution in [0.3, 0.4) is 0 Å². The number of nitrogens with one attached hydrogen (secondary N) is 1. The predicted octanol–water partition coefficient (Wildman–Crippen LogP) is 0.164. The first-order valence-electron chi connectivity index (χ1n) is 2.73. The highest BCUT2D eigenvalue weighted by molar-refractivity contribution is 7.99. The average molecular weight is 179 g/mol. The Morgan fingerprint density at radius 1 is 1.55 bits per heavy atom. The minimum Gasteiger partial charge on any atom is -0.436 e. The molecule has 0 heterocycles. The van der Waals surface area contributed by atoms with Gasteiger partial charge in [0, 0.05) is 0 Å². The summed E-state index contributed by atoms with van der Waals surface area (Å²) in [6.45, 7) is 0. The van der Waals surface area contributed by atoms with Gasteiger partial charge in [0.15, 0.2) is 0 Å². The Labute approximate surface area is 68.4 Å². The van der Waals surface area contributed by atoms with Gasteiger partial charge >= 0.3 is 6.16 Å². The first-order valence-corrected chi connectivity index (χ1v) is 4.12. The summed E-state index contributed by atoms with van der Waals surface area (Å²) < 4.78 is 4.10. The van der Waals surface area contributed by atoms with E-state index in [0.717, 1.165) is 7.11 Å². The van der Waals surface area contributed by atoms with E-state index in [1.807, 2.05) is 5.48 Å². The van der Waals surface area contributed by atoms with E-state index in [1.165, 1.54) is 11.8 Å². The van der Waals surface area contributed by atoms with Crippen LogP contribution in [0.5, 0.6) is 0 Å². The molecule has 0 atom stereocenters. The van der Waals surface area contributed by atoms with E-state index in [2.05, 4.69) is 9.57 Å². The minimum absolute atomic E-state index is 0.247. The first kappa shape index (κ1) is 10.1. The molecule has 1 amide bonds. The molecule has 0 saturated carbocycles. The van der Waals surface area contributed by atoms with Gasteiger partial charge in [-0.05, 0) is 6.26 Å². The quantitative estimate of drug-likeness (QED) is 0.483. The van der Waals surface area contributed by atoms with Gasteiger partial charge in [0.05, 0.1) is 12.9 Å². The second kappa shape index (κ2) is 5.84. The van der Waals surface area contributed by atoms with Crippen LogP contribution >= 0.6 is 11.8 Å². The molecule has 1 N–H and O–H groups in total. The Kier molecular flexibility index (Phi) is 5.36. The lowest BCUT2D eigenvalue weighted by Crippen LogP contribution is -2.28. The molecule has 0 aliphatic rings. The van der Waals surface area contributed by atoms with Crippen molar-refractivity contribution in [1.29, 1.82) is 0 Å². The highest BCUT2D eigenvalue weighted by Gasteiger charge is 2.03. The Morgan fingerprint density at radius 2 is 2.18 bits per heavy atom. The molecule has 0 bridgehead atoms. The smallest absolute Gasteiger partial charge is 0.436 e. The first-order chi connectivity index (χ1) is 5.20. The van der Waals surface area contributed by atoms with Gasteiger partial charge in [0.25, 0.3) is 5.91 Å². The Morgan fingerprint density at radius 3 is 2.64 bits per heavy atom. The lowest BCUT2D eigenvalue weighted by molar-refractivity contribution is -0.128. The van der Waals surface area contributed by atoms with Crippen LogP contribution < -0.4 is 5.48 Å². The van der Waals surface area contributed by atoms with Crippen molar-refractivity contribution in [3.63, 3.8) is 0 Å². The molecular weight excluding hydrogens is 170 g/mol. The third-order valence-corrected chi connectivity index (χ3v) is 1.24. The standard InChI is InChI=1S/C5H9NO4S/c1-9-5(8)10-6-4(7)3-11-2/h3H2,1-2H3,(H,6,7). The molecule has 11 heavy (non-hydrogen) atoms. The molecule has 0 aromatic heterocycles. The van der Waals surface area contributed by atoms with E-state index in [4.69, 9.17) is 0 Å². The van der Waals surface area contributed by atoms with Crippen LogP contribution in [0.2, 0.25) is 0 Å². The van der Waals surface area contributed by atoms with Crippen molar-refractivity contribution in [3.8, 4) is 0 Å². The largest absolute Gasteiger partial charge is 0.533 e. The topological polar surface area (TPSA) is 64.6 Å². The molecule has 0 fully saturated rings. The van der Waals surface area contributed by atoms with Gasteiger partial charge in [-0.2, -0.15) is 17.2 Å². The Hall–Kier alpha value is -0.910. The highest BCUT2D eigenvalue weighted by atomic mass is 32.2. The summed E-state index contributed by atoms with van der Waals surface area (Å²) in [5.74, 6) is -0.125. The summed E-state index contributed by atoms with van der Waals surface area (Å²) in [6, 6.07) is 0. The summed E-state index contributed by atoms with van der Waals surface area (Å²) >= 11 is 1.32. The van der Waals surface area contributed by atoms with Crippen molar-refractivity contribution in [2.75, 3.05) is 19.1 Å². The van der Waals surface area contributed by atoms with Crippen LogP contribution in [0.1, 0.15) is 0 Å². The molecular formula is C5H9NO4S. The maximum atomic E-state index is 10.6. The zero-order chi connectivity index (χ0) is 8.69. The van der Waals surface area contributed by atoms with E-state index in [1.54, 1.807) is 6.26 Å². The summed E-state index contributed by atoms with van der Waals surface area (Å²) in [5, 5.41) is 0. The SMILES string of the molecule is COC(=O)ONC(=O)CSC. The molecule has 0 aromatic carbocycles. The van der Waals surface area contributed by atoms with Gasteiger partial charge in [0.1, 0.15) is 0 Å². The van der Waals surface area contributed by atoms with Crippen LogP contribution in [0.4, 0.5) is 4.79 Å². The Bertz CT molecular complexity index is 149. The van der Waals surface area contributed by atoms with Crippen LogP contribution in [0.15, 0.2) is 0 Å². The van der Waals surface area contributed by atoms with E-state index in [0.29, 0.717) is 0 Å². The van der Waals surface area contributed by atoms with Crippen molar-refractivity contribution < 1.29 is 19.2 Å². The van der Waals surface area contributed by atoms with Crippen molar-refractivity contribution in [1.82, 2.24) is 5.48 Å². The van der Waals surface area contributed by atoms with E-state index < -0.39 is 6.16 Å². The van der Waals surface area contributed by atoms with Crippen LogP contribution in [-0.2, 0) is 14.4 Å². The summed E-state index contributed by atoms with van der Waals surface area (Å²) in [4.78, 5) is 25.0. The molecule has 0 aromatic rings. The van der Waals surface area contributed by atoms with E-state index in [-0.39, 0.29) is 11.7 Å². The Balaban J connectivity index is 3.38. The number of methoxy groups -OCH3 is 1. The molecule has 0 aliphatic carbocycles. The zero-order valence-electron chi connectivity index (χ0n) is 6.25. The van der Waals surface area contributed by atoms with E-state index in [9.17, 15) is 9.59 Å². The molecule has 0 spiro atoms. The van der Waals surface area contributed by atoms with Gasteiger partial charge in [-0.1, -0.05) is 0 Å². The third kappa shape index (κ3) is 5.53. The number of hydrogen-bond donors (Lipinski definition) is 1. The van der Waals surface area contributed by atoms with Crippen LogP contribution in [-0.4, -0.2) is 31.2 Å². The molecule has 64 valence electrons. The highest BCUT2D eigenvalue weighted by Crippen LogP contribution is 1.89. The van der Waals surface area contributed by atoms with Gasteiger partial charge in [-0.3, -0.25) is 4.79 Å². The molecule has 0 rings (SSSR count).